The predicted octanol–water partition coefficient (Wildman–Crippen LogP) is 3.04. The monoisotopic (exact) mass is 399 g/mol. The van der Waals surface area contributed by atoms with Gasteiger partial charge in [0.05, 0.1) is 18.8 Å². The quantitative estimate of drug-likeness (QED) is 0.527. The summed E-state index contributed by atoms with van der Waals surface area (Å²) < 4.78 is 12.6. The highest BCUT2D eigenvalue weighted by Gasteiger charge is 2.16. The van der Waals surface area contributed by atoms with Gasteiger partial charge in [0.2, 0.25) is 4.96 Å². The van der Waals surface area contributed by atoms with Crippen molar-refractivity contribution < 1.29 is 9.47 Å². The summed E-state index contributed by atoms with van der Waals surface area (Å²) >= 11 is 7.47. The maximum atomic E-state index is 12.9. The summed E-state index contributed by atoms with van der Waals surface area (Å²) in [5.74, 6) is 1.60. The highest BCUT2D eigenvalue weighted by atomic mass is 35.5. The molecule has 0 radical (unpaired) electrons. The Hall–Kier alpha value is -2.90. The third kappa shape index (κ3) is 3.05. The zero-order valence-corrected chi connectivity index (χ0v) is 16.0. The Morgan fingerprint density at radius 2 is 1.85 bits per heavy atom. The first-order chi connectivity index (χ1) is 13.1. The second kappa shape index (κ2) is 7.02. The molecule has 2 aromatic heterocycles. The fourth-order valence-corrected chi connectivity index (χ4v) is 3.85. The van der Waals surface area contributed by atoms with E-state index in [-0.39, 0.29) is 5.56 Å². The van der Waals surface area contributed by atoms with Crippen LogP contribution in [0.2, 0.25) is 5.02 Å². The van der Waals surface area contributed by atoms with Crippen molar-refractivity contribution in [3.63, 3.8) is 0 Å². The van der Waals surface area contributed by atoms with Gasteiger partial charge < -0.3 is 9.47 Å². The molecule has 0 spiro atoms. The van der Waals surface area contributed by atoms with Crippen LogP contribution < -0.4 is 19.6 Å². The number of hydrogen-bond donors (Lipinski definition) is 0. The van der Waals surface area contributed by atoms with Gasteiger partial charge in [-0.3, -0.25) is 4.79 Å². The molecule has 27 heavy (non-hydrogen) atoms. The summed E-state index contributed by atoms with van der Waals surface area (Å²) in [6.45, 7) is 0. The van der Waals surface area contributed by atoms with Crippen molar-refractivity contribution in [3.05, 3.63) is 67.9 Å². The Labute approximate surface area is 163 Å². The fourth-order valence-electron chi connectivity index (χ4n) is 2.76. The van der Waals surface area contributed by atoms with Gasteiger partial charge in [0.15, 0.2) is 17.3 Å². The molecule has 2 aromatic carbocycles. The van der Waals surface area contributed by atoms with Crippen molar-refractivity contribution in [2.75, 3.05) is 14.2 Å². The van der Waals surface area contributed by atoms with E-state index in [9.17, 15) is 4.79 Å². The highest BCUT2D eigenvalue weighted by Crippen LogP contribution is 2.31. The van der Waals surface area contributed by atoms with Gasteiger partial charge in [-0.25, -0.2) is 4.40 Å². The number of halogens is 1. The minimum Gasteiger partial charge on any atom is -0.493 e. The fraction of sp³-hybridized carbons (Fsp3) is 0.105. The third-order valence-corrected chi connectivity index (χ3v) is 5.39. The summed E-state index contributed by atoms with van der Waals surface area (Å²) in [5, 5.41) is 8.90. The summed E-state index contributed by atoms with van der Waals surface area (Å²) in [7, 11) is 3.12. The van der Waals surface area contributed by atoms with Crippen LogP contribution in [0, 0.1) is 0 Å². The molecule has 0 saturated carbocycles. The zero-order valence-electron chi connectivity index (χ0n) is 14.5. The molecule has 0 aliphatic carbocycles. The summed E-state index contributed by atoms with van der Waals surface area (Å²) in [5.41, 5.74) is 1.30. The first-order valence-electron chi connectivity index (χ1n) is 7.99. The number of rotatable bonds is 4. The van der Waals surface area contributed by atoms with E-state index in [0.29, 0.717) is 37.4 Å². The maximum absolute atomic E-state index is 12.9. The molecule has 0 fully saturated rings. The zero-order chi connectivity index (χ0) is 19.0. The molecule has 4 rings (SSSR count). The number of nitrogens with zero attached hydrogens (tertiary/aromatic N) is 3. The molecule has 4 aromatic rings. The van der Waals surface area contributed by atoms with Crippen LogP contribution in [0.4, 0.5) is 0 Å². The number of methoxy groups -OCH3 is 2. The van der Waals surface area contributed by atoms with E-state index in [1.54, 1.807) is 38.5 Å². The lowest BCUT2D eigenvalue weighted by atomic mass is 10.2. The molecule has 6 nitrogen and oxygen atoms in total. The van der Waals surface area contributed by atoms with E-state index in [2.05, 4.69) is 10.2 Å². The van der Waals surface area contributed by atoms with Crippen LogP contribution in [0.3, 0.4) is 0 Å². The average molecular weight is 400 g/mol. The molecule has 8 heteroatoms. The number of fused-ring (bicyclic) bond motifs is 1. The van der Waals surface area contributed by atoms with Gasteiger partial charge in [0.25, 0.3) is 5.56 Å². The van der Waals surface area contributed by atoms with Crippen LogP contribution in [0.5, 0.6) is 11.5 Å². The lowest BCUT2D eigenvalue weighted by molar-refractivity contribution is 0.355. The summed E-state index contributed by atoms with van der Waals surface area (Å²) in [6, 6.07) is 12.7. The summed E-state index contributed by atoms with van der Waals surface area (Å²) in [6.07, 6.45) is 1.77. The van der Waals surface area contributed by atoms with Gasteiger partial charge in [-0.15, -0.1) is 10.2 Å². The van der Waals surface area contributed by atoms with Gasteiger partial charge >= 0.3 is 0 Å². The van der Waals surface area contributed by atoms with E-state index in [4.69, 9.17) is 21.1 Å². The minimum atomic E-state index is -0.190. The topological polar surface area (TPSA) is 65.7 Å². The Morgan fingerprint density at radius 1 is 1.07 bits per heavy atom. The standard InChI is InChI=1S/C19H14ClN3O3S/c1-25-14-8-7-12(9-15(14)26-2)17-21-22-19-23(17)18(24)16(27-19)10-11-5-3-4-6-13(11)20/h3-10H,1-2H3. The van der Waals surface area contributed by atoms with Crippen LogP contribution in [0.25, 0.3) is 22.4 Å². The van der Waals surface area contributed by atoms with Gasteiger partial charge in [-0.1, -0.05) is 41.1 Å². The molecule has 0 aliphatic heterocycles. The molecule has 0 atom stereocenters. The number of aromatic nitrogens is 3. The van der Waals surface area contributed by atoms with E-state index < -0.39 is 0 Å². The molecule has 0 aliphatic rings. The van der Waals surface area contributed by atoms with Crippen molar-refractivity contribution in [2.24, 2.45) is 0 Å². The normalized spacial score (nSPS) is 11.9. The van der Waals surface area contributed by atoms with Crippen LogP contribution in [-0.4, -0.2) is 28.8 Å². The average Bonchev–Trinajstić information content (AvgIpc) is 3.23. The molecule has 0 amide bonds. The molecule has 136 valence electrons. The molecule has 0 unspecified atom stereocenters. The Morgan fingerprint density at radius 3 is 2.59 bits per heavy atom. The highest BCUT2D eigenvalue weighted by molar-refractivity contribution is 7.15. The minimum absolute atomic E-state index is 0.190. The van der Waals surface area contributed by atoms with Crippen molar-refractivity contribution in [2.45, 2.75) is 0 Å². The van der Waals surface area contributed by atoms with Gasteiger partial charge in [0, 0.05) is 10.6 Å². The third-order valence-electron chi connectivity index (χ3n) is 4.08. The second-order valence-electron chi connectivity index (χ2n) is 5.65. The lowest BCUT2D eigenvalue weighted by Gasteiger charge is -2.08. The smallest absolute Gasteiger partial charge is 0.276 e. The molecular formula is C19H14ClN3O3S. The van der Waals surface area contributed by atoms with Crippen molar-refractivity contribution in [1.29, 1.82) is 0 Å². The van der Waals surface area contributed by atoms with Crippen LogP contribution >= 0.6 is 22.9 Å². The molecule has 0 bridgehead atoms. The number of ether oxygens (including phenoxy) is 2. The van der Waals surface area contributed by atoms with Gasteiger partial charge in [-0.05, 0) is 35.9 Å². The number of benzene rings is 2. The van der Waals surface area contributed by atoms with E-state index in [1.165, 1.54) is 15.7 Å². The molecule has 2 heterocycles. The number of thiazole rings is 1. The van der Waals surface area contributed by atoms with Gasteiger partial charge in [0.1, 0.15) is 0 Å². The summed E-state index contributed by atoms with van der Waals surface area (Å²) in [4.78, 5) is 13.5. The molecular weight excluding hydrogens is 386 g/mol. The van der Waals surface area contributed by atoms with E-state index in [0.717, 1.165) is 5.56 Å². The van der Waals surface area contributed by atoms with E-state index >= 15 is 0 Å². The van der Waals surface area contributed by atoms with Crippen LogP contribution in [-0.2, 0) is 0 Å². The molecule has 0 saturated heterocycles. The van der Waals surface area contributed by atoms with Gasteiger partial charge in [-0.2, -0.15) is 0 Å². The van der Waals surface area contributed by atoms with Crippen molar-refractivity contribution in [1.82, 2.24) is 14.6 Å². The SMILES string of the molecule is COc1ccc(-c2nnc3sc(=Cc4ccccc4Cl)c(=O)n23)cc1OC. The van der Waals surface area contributed by atoms with Crippen LogP contribution in [0.1, 0.15) is 5.56 Å². The second-order valence-corrected chi connectivity index (χ2v) is 7.06. The largest absolute Gasteiger partial charge is 0.493 e. The number of hydrogen-bond acceptors (Lipinski definition) is 6. The first-order valence-corrected chi connectivity index (χ1v) is 9.18. The lowest BCUT2D eigenvalue weighted by Crippen LogP contribution is -2.23. The van der Waals surface area contributed by atoms with E-state index in [1.807, 2.05) is 24.3 Å². The predicted molar refractivity (Wildman–Crippen MR) is 106 cm³/mol. The Kier molecular flexibility index (Phi) is 4.55. The Balaban J connectivity index is 1.89. The first kappa shape index (κ1) is 17.5. The van der Waals surface area contributed by atoms with Crippen molar-refractivity contribution in [3.8, 4) is 22.9 Å². The van der Waals surface area contributed by atoms with Crippen LogP contribution in [0.15, 0.2) is 47.3 Å². The van der Waals surface area contributed by atoms with Crippen molar-refractivity contribution >= 4 is 34.0 Å². The molecule has 0 N–H and O–H groups in total. The maximum Gasteiger partial charge on any atom is 0.276 e. The Bertz CT molecular complexity index is 1250.